The molecule has 0 unspecified atom stereocenters. The minimum atomic E-state index is -3.72. The minimum Gasteiger partial charge on any atom is -0.382 e. The average molecular weight is 450 g/mol. The molecule has 0 spiro atoms. The summed E-state index contributed by atoms with van der Waals surface area (Å²) in [6.45, 7) is 2.07. The molecule has 4 aromatic rings. The van der Waals surface area contributed by atoms with Crippen molar-refractivity contribution in [2.24, 2.45) is 5.14 Å². The molecule has 144 valence electrons. The van der Waals surface area contributed by atoms with Gasteiger partial charge in [-0.15, -0.1) is 22.7 Å². The fourth-order valence-electron chi connectivity index (χ4n) is 2.48. The molecule has 0 radical (unpaired) electrons. The zero-order chi connectivity index (χ0) is 19.9. The van der Waals surface area contributed by atoms with Gasteiger partial charge >= 0.3 is 0 Å². The first-order valence-corrected chi connectivity index (χ1v) is 12.1. The van der Waals surface area contributed by atoms with Crippen LogP contribution in [-0.2, 0) is 10.0 Å². The van der Waals surface area contributed by atoms with Crippen molar-refractivity contribution in [3.63, 3.8) is 0 Å². The third kappa shape index (κ3) is 3.93. The molecule has 0 aliphatic carbocycles. The molecule has 11 heteroatoms. The molecule has 0 fully saturated rings. The van der Waals surface area contributed by atoms with Crippen molar-refractivity contribution in [1.29, 1.82) is 0 Å². The van der Waals surface area contributed by atoms with Gasteiger partial charge in [0.2, 0.25) is 10.0 Å². The number of thiazole rings is 2. The topological polar surface area (TPSA) is 124 Å². The van der Waals surface area contributed by atoms with Crippen molar-refractivity contribution in [3.05, 3.63) is 46.0 Å². The van der Waals surface area contributed by atoms with Crippen LogP contribution in [-0.4, -0.2) is 18.4 Å². The molecular weight excluding hydrogens is 434 g/mol. The van der Waals surface area contributed by atoms with E-state index in [0.29, 0.717) is 16.6 Å². The predicted molar refractivity (Wildman–Crippen MR) is 117 cm³/mol. The lowest BCUT2D eigenvalue weighted by molar-refractivity contribution is 0.598. The van der Waals surface area contributed by atoms with Crippen LogP contribution in [0.1, 0.15) is 4.88 Å². The Kier molecular flexibility index (Phi) is 4.93. The smallest absolute Gasteiger partial charge is 0.238 e. The first kappa shape index (κ1) is 19.0. The van der Waals surface area contributed by atoms with E-state index < -0.39 is 10.0 Å². The Bertz CT molecular complexity index is 1240. The monoisotopic (exact) mass is 449 g/mol. The molecule has 0 bridgehead atoms. The highest BCUT2D eigenvalue weighted by atomic mass is 32.2. The van der Waals surface area contributed by atoms with E-state index in [0.717, 1.165) is 21.1 Å². The molecule has 4 rings (SSSR count). The number of thiophene rings is 1. The number of aryl methyl sites for hydroxylation is 1. The number of benzene rings is 1. The van der Waals surface area contributed by atoms with Crippen LogP contribution in [0.4, 0.5) is 16.6 Å². The number of rotatable bonds is 5. The third-order valence-electron chi connectivity index (χ3n) is 3.81. The number of nitrogens with two attached hydrogens (primary N) is 2. The number of hydrogen-bond donors (Lipinski definition) is 3. The highest BCUT2D eigenvalue weighted by Gasteiger charge is 2.16. The number of hydrogen-bond acceptors (Lipinski definition) is 9. The van der Waals surface area contributed by atoms with Gasteiger partial charge in [-0.05, 0) is 37.3 Å². The van der Waals surface area contributed by atoms with Crippen LogP contribution >= 0.6 is 34.0 Å². The second-order valence-electron chi connectivity index (χ2n) is 5.91. The van der Waals surface area contributed by atoms with Crippen molar-refractivity contribution in [2.45, 2.75) is 11.8 Å². The van der Waals surface area contributed by atoms with Crippen LogP contribution in [0.25, 0.3) is 21.1 Å². The summed E-state index contributed by atoms with van der Waals surface area (Å²) in [6, 6.07) is 8.23. The van der Waals surface area contributed by atoms with Crippen molar-refractivity contribution in [3.8, 4) is 21.1 Å². The summed E-state index contributed by atoms with van der Waals surface area (Å²) in [5, 5.41) is 13.7. The summed E-state index contributed by atoms with van der Waals surface area (Å²) in [7, 11) is -3.72. The van der Waals surface area contributed by atoms with Crippen LogP contribution in [0.3, 0.4) is 0 Å². The number of nitrogens with zero attached hydrogens (tertiary/aromatic N) is 2. The van der Waals surface area contributed by atoms with E-state index in [1.165, 1.54) is 39.7 Å². The van der Waals surface area contributed by atoms with Gasteiger partial charge in [0.05, 0.1) is 10.6 Å². The zero-order valence-corrected chi connectivity index (χ0v) is 17.8. The molecule has 0 aliphatic rings. The Morgan fingerprint density at radius 2 is 1.82 bits per heavy atom. The maximum atomic E-state index is 11.3. The molecule has 0 amide bonds. The van der Waals surface area contributed by atoms with E-state index in [4.69, 9.17) is 15.9 Å². The SMILES string of the molecule is Cc1cc(-c2csc(-c3sc(Nc4ccc(S(N)(=O)=O)cc4)nc3N)n2)cs1. The van der Waals surface area contributed by atoms with E-state index in [-0.39, 0.29) is 4.90 Å². The van der Waals surface area contributed by atoms with Gasteiger partial charge in [0.25, 0.3) is 0 Å². The maximum Gasteiger partial charge on any atom is 0.238 e. The molecule has 0 atom stereocenters. The molecule has 3 heterocycles. The molecule has 0 saturated heterocycles. The Labute approximate surface area is 173 Å². The Morgan fingerprint density at radius 3 is 2.46 bits per heavy atom. The molecule has 0 saturated carbocycles. The lowest BCUT2D eigenvalue weighted by Crippen LogP contribution is -2.11. The number of nitrogen functional groups attached to an aromatic ring is 1. The summed E-state index contributed by atoms with van der Waals surface area (Å²) in [6.07, 6.45) is 0. The minimum absolute atomic E-state index is 0.0522. The van der Waals surface area contributed by atoms with Gasteiger partial charge in [0.1, 0.15) is 15.7 Å². The number of nitrogens with one attached hydrogen (secondary N) is 1. The molecule has 7 nitrogen and oxygen atoms in total. The van der Waals surface area contributed by atoms with Crippen molar-refractivity contribution in [2.75, 3.05) is 11.1 Å². The summed E-state index contributed by atoms with van der Waals surface area (Å²) in [5.74, 6) is 0.399. The molecule has 1 aromatic carbocycles. The highest BCUT2D eigenvalue weighted by Crippen LogP contribution is 2.39. The lowest BCUT2D eigenvalue weighted by atomic mass is 10.2. The number of aromatic nitrogens is 2. The van der Waals surface area contributed by atoms with E-state index >= 15 is 0 Å². The van der Waals surface area contributed by atoms with Crippen LogP contribution in [0.2, 0.25) is 0 Å². The van der Waals surface area contributed by atoms with Gasteiger partial charge < -0.3 is 11.1 Å². The summed E-state index contributed by atoms with van der Waals surface area (Å²) >= 11 is 4.60. The number of anilines is 3. The molecule has 0 aliphatic heterocycles. The quantitative estimate of drug-likeness (QED) is 0.418. The number of sulfonamides is 1. The normalized spacial score (nSPS) is 11.6. The van der Waals surface area contributed by atoms with E-state index in [1.54, 1.807) is 23.5 Å². The molecule has 5 N–H and O–H groups in total. The first-order valence-electron chi connectivity index (χ1n) is 7.97. The second-order valence-corrected chi connectivity index (χ2v) is 10.4. The fourth-order valence-corrected chi connectivity index (χ4v) is 5.52. The zero-order valence-electron chi connectivity index (χ0n) is 14.5. The summed E-state index contributed by atoms with van der Waals surface area (Å²) in [4.78, 5) is 11.1. The molecule has 28 heavy (non-hydrogen) atoms. The Balaban J connectivity index is 1.56. The van der Waals surface area contributed by atoms with Gasteiger partial charge in [-0.1, -0.05) is 11.3 Å². The van der Waals surface area contributed by atoms with Crippen LogP contribution in [0, 0.1) is 6.92 Å². The maximum absolute atomic E-state index is 11.3. The van der Waals surface area contributed by atoms with E-state index in [1.807, 2.05) is 5.38 Å². The standard InChI is InChI=1S/C17H15N5O2S4/c1-9-6-10(7-25-9)13-8-26-16(21-13)14-15(18)22-17(27-14)20-11-2-4-12(5-3-11)28(19,23)24/h2-8H,18H2,1H3,(H,20,22)(H2,19,23,24). The largest absolute Gasteiger partial charge is 0.382 e. The summed E-state index contributed by atoms with van der Waals surface area (Å²) in [5.41, 5.74) is 8.79. The lowest BCUT2D eigenvalue weighted by Gasteiger charge is -2.03. The van der Waals surface area contributed by atoms with Crippen LogP contribution < -0.4 is 16.2 Å². The van der Waals surface area contributed by atoms with Gasteiger partial charge in [-0.25, -0.2) is 23.5 Å². The summed E-state index contributed by atoms with van der Waals surface area (Å²) < 4.78 is 22.7. The van der Waals surface area contributed by atoms with Crippen LogP contribution in [0.15, 0.2) is 46.0 Å². The van der Waals surface area contributed by atoms with Crippen LogP contribution in [0.5, 0.6) is 0 Å². The van der Waals surface area contributed by atoms with Crippen molar-refractivity contribution >= 4 is 60.7 Å². The fraction of sp³-hybridized carbons (Fsp3) is 0.0588. The highest BCUT2D eigenvalue weighted by molar-refractivity contribution is 7.89. The molecular formula is C17H15N5O2S4. The molecule has 3 aromatic heterocycles. The van der Waals surface area contributed by atoms with Gasteiger partial charge in [0.15, 0.2) is 5.13 Å². The van der Waals surface area contributed by atoms with Crippen molar-refractivity contribution < 1.29 is 8.42 Å². The van der Waals surface area contributed by atoms with Gasteiger partial charge in [-0.3, -0.25) is 0 Å². The first-order chi connectivity index (χ1) is 13.3. The third-order valence-corrected chi connectivity index (χ3v) is 7.59. The Morgan fingerprint density at radius 1 is 1.07 bits per heavy atom. The van der Waals surface area contributed by atoms with E-state index in [2.05, 4.69) is 28.7 Å². The van der Waals surface area contributed by atoms with E-state index in [9.17, 15) is 8.42 Å². The second kappa shape index (κ2) is 7.26. The van der Waals surface area contributed by atoms with Crippen molar-refractivity contribution in [1.82, 2.24) is 9.97 Å². The van der Waals surface area contributed by atoms with Gasteiger partial charge in [0, 0.05) is 26.9 Å². The Hall–Kier alpha value is -2.31. The van der Waals surface area contributed by atoms with Gasteiger partial charge in [-0.2, -0.15) is 0 Å². The number of primary sulfonamides is 1. The average Bonchev–Trinajstić information content (AvgIpc) is 3.34. The predicted octanol–water partition coefficient (Wildman–Crippen LogP) is 4.28.